The third kappa shape index (κ3) is 7.93. The van der Waals surface area contributed by atoms with Crippen molar-refractivity contribution in [3.05, 3.63) is 130 Å². The Morgan fingerprint density at radius 2 is 1.58 bits per heavy atom. The van der Waals surface area contributed by atoms with Crippen molar-refractivity contribution < 1.29 is 19.1 Å². The fraction of sp³-hybridized carbons (Fsp3) is 0.194. The van der Waals surface area contributed by atoms with E-state index in [1.165, 1.54) is 0 Å². The molecule has 0 saturated heterocycles. The molecule has 9 heteroatoms. The van der Waals surface area contributed by atoms with Crippen LogP contribution in [0.3, 0.4) is 0 Å². The number of ether oxygens (including phenoxy) is 2. The van der Waals surface area contributed by atoms with E-state index in [1.807, 2.05) is 93.7 Å². The fourth-order valence-corrected chi connectivity index (χ4v) is 5.43. The van der Waals surface area contributed by atoms with E-state index in [1.54, 1.807) is 31.2 Å². The number of hydrogen-bond acceptors (Lipinski definition) is 5. The normalized spacial score (nSPS) is 12.0. The number of H-pyrrole nitrogens is 1. The van der Waals surface area contributed by atoms with E-state index >= 15 is 0 Å². The molecule has 5 aromatic rings. The average Bonchev–Trinajstić information content (AvgIpc) is 3.46. The highest BCUT2D eigenvalue weighted by Crippen LogP contribution is 2.36. The molecular weight excluding hydrogens is 609 g/mol. The molecule has 1 unspecified atom stereocenters. The number of nitrogens with one attached hydrogen (secondary N) is 2. The first-order valence-corrected chi connectivity index (χ1v) is 15.2. The summed E-state index contributed by atoms with van der Waals surface area (Å²) < 4.78 is 10.6. The van der Waals surface area contributed by atoms with Crippen molar-refractivity contribution in [2.24, 2.45) is 0 Å². The number of aromatic nitrogens is 2. The molecule has 5 rings (SSSR count). The number of anilines is 1. The summed E-state index contributed by atoms with van der Waals surface area (Å²) in [5, 5.41) is 3.88. The highest BCUT2D eigenvalue weighted by Gasteiger charge is 2.23. The maximum absolute atomic E-state index is 12.5. The van der Waals surface area contributed by atoms with Crippen LogP contribution in [-0.2, 0) is 9.47 Å². The number of amides is 1. The third-order valence-corrected chi connectivity index (χ3v) is 7.46. The van der Waals surface area contributed by atoms with Gasteiger partial charge in [0.15, 0.2) is 0 Å². The van der Waals surface area contributed by atoms with Gasteiger partial charge < -0.3 is 14.5 Å². The summed E-state index contributed by atoms with van der Waals surface area (Å²) in [5.41, 5.74) is 5.73. The molecule has 0 fully saturated rings. The molecule has 0 aliphatic heterocycles. The van der Waals surface area contributed by atoms with Crippen LogP contribution >= 0.6 is 23.2 Å². The second-order valence-corrected chi connectivity index (χ2v) is 12.2. The molecule has 0 bridgehead atoms. The number of imidazole rings is 1. The molecule has 0 spiro atoms. The molecule has 1 amide bonds. The smallest absolute Gasteiger partial charge is 0.412 e. The van der Waals surface area contributed by atoms with Crippen LogP contribution in [0.4, 0.5) is 10.5 Å². The summed E-state index contributed by atoms with van der Waals surface area (Å²) in [6.45, 7) is 7.56. The third-order valence-electron chi connectivity index (χ3n) is 6.92. The minimum absolute atomic E-state index is 0.314. The van der Waals surface area contributed by atoms with Crippen molar-refractivity contribution in [2.75, 3.05) is 11.9 Å². The first kappa shape index (κ1) is 31.8. The maximum Gasteiger partial charge on any atom is 0.412 e. The lowest BCUT2D eigenvalue weighted by molar-refractivity contribution is 0.0525. The van der Waals surface area contributed by atoms with E-state index in [2.05, 4.69) is 10.3 Å². The van der Waals surface area contributed by atoms with Gasteiger partial charge in [-0.05, 0) is 92.4 Å². The van der Waals surface area contributed by atoms with E-state index < -0.39 is 11.7 Å². The van der Waals surface area contributed by atoms with Gasteiger partial charge in [0.25, 0.3) is 0 Å². The van der Waals surface area contributed by atoms with Crippen molar-refractivity contribution >= 4 is 41.0 Å². The van der Waals surface area contributed by atoms with E-state index in [9.17, 15) is 9.59 Å². The summed E-state index contributed by atoms with van der Waals surface area (Å²) in [5.74, 6) is 0.0331. The highest BCUT2D eigenvalue weighted by atomic mass is 35.5. The fourth-order valence-electron chi connectivity index (χ4n) is 4.93. The van der Waals surface area contributed by atoms with Crippen molar-refractivity contribution in [2.45, 2.75) is 39.2 Å². The molecule has 4 aromatic carbocycles. The molecule has 0 radical (unpaired) electrons. The van der Waals surface area contributed by atoms with Gasteiger partial charge in [0, 0.05) is 22.5 Å². The van der Waals surface area contributed by atoms with Crippen molar-refractivity contribution in [3.8, 4) is 22.4 Å². The molecule has 0 aliphatic rings. The van der Waals surface area contributed by atoms with Crippen LogP contribution in [0.15, 0.2) is 97.2 Å². The van der Waals surface area contributed by atoms with Crippen LogP contribution in [-0.4, -0.2) is 34.2 Å². The van der Waals surface area contributed by atoms with Gasteiger partial charge in [-0.1, -0.05) is 71.7 Å². The van der Waals surface area contributed by atoms with E-state index in [0.29, 0.717) is 39.4 Å². The van der Waals surface area contributed by atoms with Gasteiger partial charge in [0.2, 0.25) is 0 Å². The van der Waals surface area contributed by atoms with Crippen molar-refractivity contribution in [1.82, 2.24) is 9.97 Å². The number of carbonyl (C=O) groups is 2. The number of halogens is 2. The van der Waals surface area contributed by atoms with Gasteiger partial charge in [0.1, 0.15) is 11.4 Å². The quantitative estimate of drug-likeness (QED) is 0.164. The maximum atomic E-state index is 12.5. The highest BCUT2D eigenvalue weighted by molar-refractivity contribution is 6.36. The zero-order valence-corrected chi connectivity index (χ0v) is 26.9. The summed E-state index contributed by atoms with van der Waals surface area (Å²) in [7, 11) is 0. The first-order valence-electron chi connectivity index (χ1n) is 14.5. The predicted octanol–water partition coefficient (Wildman–Crippen LogP) is 9.75. The Balaban J connectivity index is 1.50. The molecule has 45 heavy (non-hydrogen) atoms. The molecule has 1 atom stereocenters. The zero-order chi connectivity index (χ0) is 32.1. The Kier molecular flexibility index (Phi) is 9.61. The molecule has 1 heterocycles. The monoisotopic (exact) mass is 641 g/mol. The van der Waals surface area contributed by atoms with Crippen LogP contribution in [0, 0.1) is 0 Å². The van der Waals surface area contributed by atoms with Crippen molar-refractivity contribution in [1.29, 1.82) is 0 Å². The molecular formula is C36H33Cl2N3O4. The lowest BCUT2D eigenvalue weighted by Crippen LogP contribution is -2.27. The SMILES string of the molecule is CCOC(=O)c1ccc(-c2ccc(C(c3cccc(NC(=O)OC(C)(C)C)c3)c3nc(-c4ccc(Cl)cc4Cl)c[nH]3)cc2)cc1. The molecule has 0 saturated carbocycles. The lowest BCUT2D eigenvalue weighted by atomic mass is 9.89. The Morgan fingerprint density at radius 1 is 0.889 bits per heavy atom. The largest absolute Gasteiger partial charge is 0.462 e. The van der Waals surface area contributed by atoms with Crippen LogP contribution in [0.1, 0.15) is 60.9 Å². The summed E-state index contributed by atoms with van der Waals surface area (Å²) in [4.78, 5) is 32.9. The van der Waals surface area contributed by atoms with Gasteiger partial charge in [0.05, 0.1) is 28.8 Å². The van der Waals surface area contributed by atoms with E-state index in [-0.39, 0.29) is 11.9 Å². The number of carbonyl (C=O) groups excluding carboxylic acids is 2. The van der Waals surface area contributed by atoms with Crippen LogP contribution in [0.2, 0.25) is 10.0 Å². The van der Waals surface area contributed by atoms with E-state index in [0.717, 1.165) is 27.8 Å². The molecule has 0 aliphatic carbocycles. The second kappa shape index (κ2) is 13.6. The summed E-state index contributed by atoms with van der Waals surface area (Å²) >= 11 is 12.6. The van der Waals surface area contributed by atoms with Crippen LogP contribution in [0.5, 0.6) is 0 Å². The Hall–Kier alpha value is -4.59. The number of nitrogens with zero attached hydrogens (tertiary/aromatic N) is 1. The van der Waals surface area contributed by atoms with Gasteiger partial charge in [-0.2, -0.15) is 0 Å². The molecule has 1 aromatic heterocycles. The zero-order valence-electron chi connectivity index (χ0n) is 25.4. The van der Waals surface area contributed by atoms with Crippen LogP contribution < -0.4 is 5.32 Å². The number of hydrogen-bond donors (Lipinski definition) is 2. The predicted molar refractivity (Wildman–Crippen MR) is 179 cm³/mol. The van der Waals surface area contributed by atoms with E-state index in [4.69, 9.17) is 37.7 Å². The number of benzene rings is 4. The Bertz CT molecular complexity index is 1810. The van der Waals surface area contributed by atoms with Crippen LogP contribution in [0.25, 0.3) is 22.4 Å². The average molecular weight is 643 g/mol. The minimum Gasteiger partial charge on any atom is -0.462 e. The Morgan fingerprint density at radius 3 is 2.22 bits per heavy atom. The standard InChI is InChI=1S/C36H33Cl2N3O4/c1-5-44-34(42)25-15-11-23(12-16-25)22-9-13-24(14-10-22)32(26-7-6-8-28(19-26)40-35(43)45-36(2,3)4)33-39-21-31(41-33)29-18-17-27(37)20-30(29)38/h6-21,32H,5H2,1-4H3,(H,39,41)(H,40,43). The second-order valence-electron chi connectivity index (χ2n) is 11.4. The number of rotatable bonds is 8. The molecule has 2 N–H and O–H groups in total. The molecule has 230 valence electrons. The number of esters is 1. The summed E-state index contributed by atoms with van der Waals surface area (Å²) in [6, 6.07) is 28.4. The summed E-state index contributed by atoms with van der Waals surface area (Å²) in [6.07, 6.45) is 1.28. The topological polar surface area (TPSA) is 93.3 Å². The van der Waals surface area contributed by atoms with Gasteiger partial charge >= 0.3 is 12.1 Å². The van der Waals surface area contributed by atoms with Gasteiger partial charge in [-0.3, -0.25) is 5.32 Å². The first-order chi connectivity index (χ1) is 21.5. The minimum atomic E-state index is -0.626. The molecule has 7 nitrogen and oxygen atoms in total. The lowest BCUT2D eigenvalue weighted by Gasteiger charge is -2.21. The van der Waals surface area contributed by atoms with Crippen molar-refractivity contribution in [3.63, 3.8) is 0 Å². The Labute approximate surface area is 272 Å². The number of aromatic amines is 1. The van der Waals surface area contributed by atoms with Gasteiger partial charge in [-0.25, -0.2) is 14.6 Å². The van der Waals surface area contributed by atoms with Gasteiger partial charge in [-0.15, -0.1) is 0 Å².